The van der Waals surface area contributed by atoms with Gasteiger partial charge >= 0.3 is 6.92 Å². The molecule has 4 aromatic carbocycles. The molecule has 4 aromatic rings. The predicted molar refractivity (Wildman–Crippen MR) is 134 cm³/mol. The van der Waals surface area contributed by atoms with Crippen LogP contribution in [0.4, 0.5) is 0 Å². The first kappa shape index (κ1) is 21.4. The van der Waals surface area contributed by atoms with Crippen molar-refractivity contribution in [3.05, 3.63) is 138 Å². The third-order valence-electron chi connectivity index (χ3n) is 5.57. The first-order valence-electron chi connectivity index (χ1n) is 10.8. The smallest absolute Gasteiger partial charge is 0.427 e. The zero-order valence-corrected chi connectivity index (χ0v) is 18.4. The number of aryl methyl sites for hydroxylation is 2. The number of hydrogen-bond donors (Lipinski definition) is 0. The fraction of sp³-hybridized carbons (Fsp3) is 0.0690. The molecule has 0 aliphatic heterocycles. The highest BCUT2D eigenvalue weighted by molar-refractivity contribution is 6.81. The molecule has 2 nitrogen and oxygen atoms in total. The molecule has 0 amide bonds. The van der Waals surface area contributed by atoms with Gasteiger partial charge in [0.05, 0.1) is 0 Å². The molecule has 0 aromatic heterocycles. The maximum Gasteiger partial charge on any atom is 0.427 e. The van der Waals surface area contributed by atoms with Crippen molar-refractivity contribution in [2.45, 2.75) is 13.8 Å². The fourth-order valence-electron chi connectivity index (χ4n) is 3.78. The van der Waals surface area contributed by atoms with Crippen LogP contribution in [0, 0.1) is 13.8 Å². The van der Waals surface area contributed by atoms with Crippen LogP contribution in [0.1, 0.15) is 27.0 Å². The molecule has 0 saturated carbocycles. The van der Waals surface area contributed by atoms with E-state index in [1.54, 1.807) is 6.08 Å². The van der Waals surface area contributed by atoms with Gasteiger partial charge in [-0.05, 0) is 24.8 Å². The fourth-order valence-corrected chi connectivity index (χ4v) is 3.78. The number of carbonyl (C=O) groups is 1. The Kier molecular flexibility index (Phi) is 6.67. The Bertz CT molecular complexity index is 1180. The van der Waals surface area contributed by atoms with E-state index in [-0.39, 0.29) is 12.7 Å². The van der Waals surface area contributed by atoms with E-state index in [4.69, 9.17) is 4.65 Å². The molecule has 0 bridgehead atoms. The molecule has 156 valence electrons. The van der Waals surface area contributed by atoms with Crippen molar-refractivity contribution < 1.29 is 9.45 Å². The molecule has 0 heterocycles. The number of ketones is 1. The third-order valence-corrected chi connectivity index (χ3v) is 5.57. The van der Waals surface area contributed by atoms with E-state index in [1.165, 1.54) is 0 Å². The van der Waals surface area contributed by atoms with E-state index in [0.717, 1.165) is 27.6 Å². The number of allylic oxidation sites excluding steroid dienone is 1. The highest BCUT2D eigenvalue weighted by Gasteiger charge is 2.28. The lowest BCUT2D eigenvalue weighted by Gasteiger charge is -2.22. The number of benzene rings is 4. The number of rotatable bonds is 7. The quantitative estimate of drug-likeness (QED) is 0.176. The summed E-state index contributed by atoms with van der Waals surface area (Å²) in [6.45, 7) is 3.84. The number of hydrogen-bond acceptors (Lipinski definition) is 2. The highest BCUT2D eigenvalue weighted by atomic mass is 16.4. The van der Waals surface area contributed by atoms with Crippen molar-refractivity contribution in [1.29, 1.82) is 0 Å². The minimum Gasteiger partial charge on any atom is -0.551 e. The van der Waals surface area contributed by atoms with Crippen molar-refractivity contribution in [3.63, 3.8) is 0 Å². The monoisotopic (exact) mass is 416 g/mol. The number of carbonyl (C=O) groups excluding carboxylic acids is 1. The summed E-state index contributed by atoms with van der Waals surface area (Å²) in [6, 6.07) is 35.6. The summed E-state index contributed by atoms with van der Waals surface area (Å²) in [6.07, 6.45) is 1.61. The Labute approximate surface area is 190 Å². The van der Waals surface area contributed by atoms with Gasteiger partial charge in [-0.15, -0.1) is 0 Å². The van der Waals surface area contributed by atoms with Crippen LogP contribution in [0.3, 0.4) is 0 Å². The summed E-state index contributed by atoms with van der Waals surface area (Å²) in [5, 5.41) is 0. The molecule has 4 rings (SSSR count). The lowest BCUT2D eigenvalue weighted by Crippen LogP contribution is -2.47. The second kappa shape index (κ2) is 9.97. The van der Waals surface area contributed by atoms with Crippen LogP contribution in [0.5, 0.6) is 0 Å². The maximum atomic E-state index is 13.1. The Morgan fingerprint density at radius 1 is 0.625 bits per heavy atom. The SMILES string of the molecule is Cc1ccccc1B(O/C(=C\C(=O)c1ccccc1)c1ccccc1)c1ccccc1C. The van der Waals surface area contributed by atoms with Gasteiger partial charge in [-0.2, -0.15) is 0 Å². The largest absolute Gasteiger partial charge is 0.551 e. The minimum atomic E-state index is -0.340. The Morgan fingerprint density at radius 2 is 1.06 bits per heavy atom. The normalized spacial score (nSPS) is 11.1. The molecular weight excluding hydrogens is 391 g/mol. The van der Waals surface area contributed by atoms with Crippen molar-refractivity contribution in [2.24, 2.45) is 0 Å². The second-order valence-electron chi connectivity index (χ2n) is 7.82. The molecule has 0 aliphatic carbocycles. The molecule has 3 heteroatoms. The van der Waals surface area contributed by atoms with Gasteiger partial charge in [-0.1, -0.05) is 120 Å². The van der Waals surface area contributed by atoms with E-state index in [0.29, 0.717) is 11.3 Å². The molecule has 0 aliphatic rings. The third kappa shape index (κ3) is 4.89. The Hall–Kier alpha value is -3.85. The predicted octanol–water partition coefficient (Wildman–Crippen LogP) is 5.35. The summed E-state index contributed by atoms with van der Waals surface area (Å²) in [5.41, 5.74) is 5.94. The van der Waals surface area contributed by atoms with E-state index in [1.807, 2.05) is 84.9 Å². The van der Waals surface area contributed by atoms with Gasteiger partial charge in [0, 0.05) is 17.2 Å². The minimum absolute atomic E-state index is 0.0854. The van der Waals surface area contributed by atoms with Gasteiger partial charge in [0.15, 0.2) is 5.78 Å². The lowest BCUT2D eigenvalue weighted by atomic mass is 9.53. The molecule has 0 N–H and O–H groups in total. The van der Waals surface area contributed by atoms with Gasteiger partial charge in [-0.25, -0.2) is 0 Å². The van der Waals surface area contributed by atoms with Crippen LogP contribution in [0.2, 0.25) is 0 Å². The van der Waals surface area contributed by atoms with Gasteiger partial charge in [-0.3, -0.25) is 4.79 Å². The summed E-state index contributed by atoms with van der Waals surface area (Å²) >= 11 is 0. The summed E-state index contributed by atoms with van der Waals surface area (Å²) in [4.78, 5) is 13.1. The van der Waals surface area contributed by atoms with Crippen LogP contribution in [0.25, 0.3) is 5.76 Å². The van der Waals surface area contributed by atoms with Crippen LogP contribution in [-0.2, 0) is 4.65 Å². The van der Waals surface area contributed by atoms with Crippen molar-refractivity contribution in [3.8, 4) is 0 Å². The standard InChI is InChI=1S/C29H25BO2/c1-22-13-9-11-19-26(22)30(27-20-12-10-14-23(27)2)32-29(25-17-7-4-8-18-25)21-28(31)24-15-5-3-6-16-24/h3-21H,1-2H3/b29-21-. The van der Waals surface area contributed by atoms with Crippen LogP contribution >= 0.6 is 0 Å². The van der Waals surface area contributed by atoms with Gasteiger partial charge in [0.2, 0.25) is 0 Å². The van der Waals surface area contributed by atoms with Crippen molar-refractivity contribution in [2.75, 3.05) is 0 Å². The average molecular weight is 416 g/mol. The Balaban J connectivity index is 1.82. The molecule has 0 atom stereocenters. The summed E-state index contributed by atoms with van der Waals surface area (Å²) < 4.78 is 6.70. The van der Waals surface area contributed by atoms with Crippen LogP contribution in [-0.4, -0.2) is 12.7 Å². The van der Waals surface area contributed by atoms with Gasteiger partial charge < -0.3 is 4.65 Å². The van der Waals surface area contributed by atoms with Crippen LogP contribution < -0.4 is 10.9 Å². The molecular formula is C29H25BO2. The molecule has 32 heavy (non-hydrogen) atoms. The van der Waals surface area contributed by atoms with E-state index in [9.17, 15) is 4.79 Å². The topological polar surface area (TPSA) is 26.3 Å². The van der Waals surface area contributed by atoms with E-state index >= 15 is 0 Å². The zero-order chi connectivity index (χ0) is 22.3. The first-order valence-corrected chi connectivity index (χ1v) is 10.8. The molecule has 0 fully saturated rings. The van der Waals surface area contributed by atoms with Crippen molar-refractivity contribution in [1.82, 2.24) is 0 Å². The maximum absolute atomic E-state index is 13.1. The lowest BCUT2D eigenvalue weighted by molar-refractivity contribution is 0.104. The molecule has 0 spiro atoms. The van der Waals surface area contributed by atoms with Crippen LogP contribution in [0.15, 0.2) is 115 Å². The van der Waals surface area contributed by atoms with Gasteiger partial charge in [0.1, 0.15) is 5.76 Å². The second-order valence-corrected chi connectivity index (χ2v) is 7.82. The van der Waals surface area contributed by atoms with Crippen molar-refractivity contribution >= 4 is 29.4 Å². The van der Waals surface area contributed by atoms with E-state index in [2.05, 4.69) is 38.1 Å². The summed E-state index contributed by atoms with van der Waals surface area (Å²) in [5.74, 6) is 0.466. The zero-order valence-electron chi connectivity index (χ0n) is 18.4. The summed E-state index contributed by atoms with van der Waals surface area (Å²) in [7, 11) is 0. The van der Waals surface area contributed by atoms with E-state index < -0.39 is 0 Å². The Morgan fingerprint density at radius 3 is 1.56 bits per heavy atom. The molecule has 0 unspecified atom stereocenters. The molecule has 0 saturated heterocycles. The van der Waals surface area contributed by atoms with Gasteiger partial charge in [0.25, 0.3) is 0 Å². The first-order chi connectivity index (χ1) is 15.6. The highest BCUT2D eigenvalue weighted by Crippen LogP contribution is 2.19. The average Bonchev–Trinajstić information content (AvgIpc) is 2.84. The molecule has 0 radical (unpaired) electrons.